The molecule has 3 heteroatoms. The topological polar surface area (TPSA) is 35.5 Å². The number of hydrogen-bond donors (Lipinski definition) is 0. The van der Waals surface area contributed by atoms with E-state index in [1.54, 1.807) is 19.6 Å². The summed E-state index contributed by atoms with van der Waals surface area (Å²) in [7, 11) is 1.65. The molecule has 2 heterocycles. The Morgan fingerprint density at radius 3 is 1.84 bits per heavy atom. The van der Waals surface area contributed by atoms with E-state index in [1.165, 1.54) is 0 Å². The van der Waals surface area contributed by atoms with Gasteiger partial charge in [0, 0.05) is 0 Å². The first-order valence-corrected chi connectivity index (χ1v) is 5.97. The summed E-state index contributed by atoms with van der Waals surface area (Å²) in [6.07, 6.45) is 3.31. The molecule has 0 fully saturated rings. The summed E-state index contributed by atoms with van der Waals surface area (Å²) in [6, 6.07) is 15.4. The second-order valence-corrected chi connectivity index (χ2v) is 4.06. The molecule has 3 nitrogen and oxygen atoms in total. The van der Waals surface area contributed by atoms with Gasteiger partial charge in [0.05, 0.1) is 19.6 Å². The molecule has 0 saturated carbocycles. The lowest BCUT2D eigenvalue weighted by molar-refractivity contribution is 0.414. The van der Waals surface area contributed by atoms with E-state index in [0.717, 1.165) is 28.8 Å². The minimum absolute atomic E-state index is 0.778. The molecular weight excluding hydrogens is 240 g/mol. The first-order chi connectivity index (χ1) is 9.38. The van der Waals surface area contributed by atoms with E-state index in [1.807, 2.05) is 48.5 Å². The molecule has 0 bridgehead atoms. The Kier molecular flexibility index (Phi) is 3.11. The molecule has 0 aliphatic rings. The first-order valence-electron chi connectivity index (χ1n) is 5.97. The van der Waals surface area contributed by atoms with E-state index in [2.05, 4.69) is 0 Å². The Morgan fingerprint density at radius 2 is 1.42 bits per heavy atom. The van der Waals surface area contributed by atoms with Crippen LogP contribution in [0.5, 0.6) is 5.75 Å². The standard InChI is InChI=1S/C16H13O3/c1-17-13-8-6-12(7-9-13)16(14-4-2-10-18-14)15-5-3-11-19-15/h2-11H,1H3. The van der Waals surface area contributed by atoms with Crippen molar-refractivity contribution in [2.75, 3.05) is 7.11 Å². The van der Waals surface area contributed by atoms with Crippen molar-refractivity contribution >= 4 is 0 Å². The maximum atomic E-state index is 5.50. The van der Waals surface area contributed by atoms with E-state index in [-0.39, 0.29) is 0 Å². The van der Waals surface area contributed by atoms with Gasteiger partial charge in [-0.2, -0.15) is 0 Å². The minimum atomic E-state index is 0.778. The van der Waals surface area contributed by atoms with Crippen LogP contribution in [-0.4, -0.2) is 7.11 Å². The molecule has 3 aromatic rings. The number of methoxy groups -OCH3 is 1. The lowest BCUT2D eigenvalue weighted by Gasteiger charge is -2.12. The summed E-state index contributed by atoms with van der Waals surface area (Å²) in [5, 5.41) is 0. The zero-order valence-corrected chi connectivity index (χ0v) is 10.5. The third-order valence-corrected chi connectivity index (χ3v) is 2.91. The maximum Gasteiger partial charge on any atom is 0.135 e. The van der Waals surface area contributed by atoms with Crippen molar-refractivity contribution in [2.24, 2.45) is 0 Å². The van der Waals surface area contributed by atoms with Gasteiger partial charge in [-0.05, 0) is 42.0 Å². The first kappa shape index (κ1) is 11.7. The highest BCUT2D eigenvalue weighted by Gasteiger charge is 2.23. The van der Waals surface area contributed by atoms with Crippen molar-refractivity contribution < 1.29 is 13.6 Å². The number of hydrogen-bond acceptors (Lipinski definition) is 3. The fourth-order valence-electron chi connectivity index (χ4n) is 2.01. The summed E-state index contributed by atoms with van der Waals surface area (Å²) in [5.74, 6) is 3.31. The molecule has 0 unspecified atom stereocenters. The van der Waals surface area contributed by atoms with Crippen LogP contribution >= 0.6 is 0 Å². The summed E-state index contributed by atoms with van der Waals surface area (Å²) < 4.78 is 16.2. The van der Waals surface area contributed by atoms with Crippen molar-refractivity contribution in [3.8, 4) is 5.75 Å². The molecule has 0 spiro atoms. The summed E-state index contributed by atoms with van der Waals surface area (Å²) in [5.41, 5.74) is 1.02. The fourth-order valence-corrected chi connectivity index (χ4v) is 2.01. The predicted molar refractivity (Wildman–Crippen MR) is 71.0 cm³/mol. The molecular formula is C16H13O3. The third kappa shape index (κ3) is 2.27. The van der Waals surface area contributed by atoms with Gasteiger partial charge in [0.2, 0.25) is 0 Å². The van der Waals surface area contributed by atoms with Crippen LogP contribution in [0.15, 0.2) is 69.9 Å². The van der Waals surface area contributed by atoms with Crippen LogP contribution in [0.3, 0.4) is 0 Å². The molecule has 0 N–H and O–H groups in total. The molecule has 3 rings (SSSR count). The summed E-state index contributed by atoms with van der Waals surface area (Å²) in [6.45, 7) is 0. The minimum Gasteiger partial charge on any atom is -0.497 e. The average molecular weight is 253 g/mol. The smallest absolute Gasteiger partial charge is 0.135 e. The van der Waals surface area contributed by atoms with Gasteiger partial charge in [-0.1, -0.05) is 12.1 Å². The lowest BCUT2D eigenvalue weighted by Crippen LogP contribution is -2.02. The summed E-state index contributed by atoms with van der Waals surface area (Å²) >= 11 is 0. The van der Waals surface area contributed by atoms with Gasteiger partial charge >= 0.3 is 0 Å². The number of ether oxygens (including phenoxy) is 1. The largest absolute Gasteiger partial charge is 0.497 e. The second kappa shape index (κ2) is 5.06. The van der Waals surface area contributed by atoms with Crippen molar-refractivity contribution in [1.29, 1.82) is 0 Å². The zero-order chi connectivity index (χ0) is 13.1. The van der Waals surface area contributed by atoms with Crippen LogP contribution in [-0.2, 0) is 0 Å². The number of furan rings is 2. The van der Waals surface area contributed by atoms with Gasteiger partial charge in [0.15, 0.2) is 0 Å². The zero-order valence-electron chi connectivity index (χ0n) is 10.5. The average Bonchev–Trinajstić information content (AvgIpc) is 3.13. The van der Waals surface area contributed by atoms with Crippen LogP contribution < -0.4 is 4.74 Å². The third-order valence-electron chi connectivity index (χ3n) is 2.91. The van der Waals surface area contributed by atoms with E-state index >= 15 is 0 Å². The Hall–Kier alpha value is -2.42. The maximum absolute atomic E-state index is 5.50. The van der Waals surface area contributed by atoms with Crippen molar-refractivity contribution in [2.45, 2.75) is 0 Å². The molecule has 19 heavy (non-hydrogen) atoms. The molecule has 95 valence electrons. The van der Waals surface area contributed by atoms with Crippen molar-refractivity contribution in [1.82, 2.24) is 0 Å². The van der Waals surface area contributed by atoms with Gasteiger partial charge in [-0.3, -0.25) is 0 Å². The Morgan fingerprint density at radius 1 is 0.842 bits per heavy atom. The van der Waals surface area contributed by atoms with Crippen LogP contribution in [0.25, 0.3) is 0 Å². The lowest BCUT2D eigenvalue weighted by atomic mass is 9.94. The molecule has 2 aromatic heterocycles. The second-order valence-electron chi connectivity index (χ2n) is 4.06. The molecule has 0 amide bonds. The normalized spacial score (nSPS) is 10.8. The van der Waals surface area contributed by atoms with Crippen LogP contribution in [0.1, 0.15) is 17.1 Å². The quantitative estimate of drug-likeness (QED) is 0.707. The molecule has 0 aliphatic carbocycles. The van der Waals surface area contributed by atoms with E-state index in [9.17, 15) is 0 Å². The van der Waals surface area contributed by atoms with E-state index in [4.69, 9.17) is 13.6 Å². The van der Waals surface area contributed by atoms with Gasteiger partial charge < -0.3 is 13.6 Å². The van der Waals surface area contributed by atoms with Crippen molar-refractivity contribution in [3.63, 3.8) is 0 Å². The highest BCUT2D eigenvalue weighted by atomic mass is 16.5. The van der Waals surface area contributed by atoms with Crippen LogP contribution in [0, 0.1) is 5.92 Å². The monoisotopic (exact) mass is 253 g/mol. The predicted octanol–water partition coefficient (Wildman–Crippen LogP) is 3.90. The fraction of sp³-hybridized carbons (Fsp3) is 0.0625. The van der Waals surface area contributed by atoms with Gasteiger partial charge in [-0.15, -0.1) is 0 Å². The number of rotatable bonds is 4. The Bertz CT molecular complexity index is 572. The highest BCUT2D eigenvalue weighted by molar-refractivity contribution is 5.51. The number of benzene rings is 1. The SMILES string of the molecule is COc1ccc([C](c2ccco2)c2ccco2)cc1. The van der Waals surface area contributed by atoms with Crippen molar-refractivity contribution in [3.05, 3.63) is 84.1 Å². The van der Waals surface area contributed by atoms with E-state index < -0.39 is 0 Å². The Labute approximate surface area is 111 Å². The van der Waals surface area contributed by atoms with Crippen LogP contribution in [0.2, 0.25) is 0 Å². The summed E-state index contributed by atoms with van der Waals surface area (Å²) in [4.78, 5) is 0. The highest BCUT2D eigenvalue weighted by Crippen LogP contribution is 2.32. The van der Waals surface area contributed by atoms with Gasteiger partial charge in [-0.25, -0.2) is 0 Å². The Balaban J connectivity index is 2.04. The van der Waals surface area contributed by atoms with E-state index in [0.29, 0.717) is 0 Å². The molecule has 0 saturated heterocycles. The molecule has 0 aliphatic heterocycles. The molecule has 1 aromatic carbocycles. The molecule has 0 atom stereocenters. The molecule has 1 radical (unpaired) electrons. The van der Waals surface area contributed by atoms with Crippen LogP contribution in [0.4, 0.5) is 0 Å². The van der Waals surface area contributed by atoms with Gasteiger partial charge in [0.25, 0.3) is 0 Å². The van der Waals surface area contributed by atoms with Gasteiger partial charge in [0.1, 0.15) is 23.2 Å².